The number of hydrogen-bond donors (Lipinski definition) is 3. The number of hydrogen-bond acceptors (Lipinski definition) is 2. The summed E-state index contributed by atoms with van der Waals surface area (Å²) in [6.45, 7) is 5.00. The molecule has 0 aromatic heterocycles. The number of nitrogens with one attached hydrogen (secondary N) is 3. The highest BCUT2D eigenvalue weighted by atomic mass is 16.2. The van der Waals surface area contributed by atoms with E-state index in [1.165, 1.54) is 0 Å². The molecule has 0 bridgehead atoms. The Kier molecular flexibility index (Phi) is 6.02. The first-order chi connectivity index (χ1) is 10.9. The van der Waals surface area contributed by atoms with Crippen LogP contribution >= 0.6 is 0 Å². The summed E-state index contributed by atoms with van der Waals surface area (Å²) in [6, 6.07) is 9.65. The Morgan fingerprint density at radius 2 is 1.74 bits per heavy atom. The fourth-order valence-electron chi connectivity index (χ4n) is 2.80. The van der Waals surface area contributed by atoms with Crippen LogP contribution < -0.4 is 16.0 Å². The van der Waals surface area contributed by atoms with Crippen molar-refractivity contribution in [3.8, 4) is 0 Å². The minimum absolute atomic E-state index is 0.00310. The maximum Gasteiger partial charge on any atom is 0.315 e. The molecule has 0 atom stereocenters. The Bertz CT molecular complexity index is 518. The molecule has 3 amide bonds. The van der Waals surface area contributed by atoms with Gasteiger partial charge >= 0.3 is 6.03 Å². The van der Waals surface area contributed by atoms with Gasteiger partial charge in [-0.25, -0.2) is 4.79 Å². The van der Waals surface area contributed by atoms with Crippen molar-refractivity contribution in [1.82, 2.24) is 16.0 Å². The van der Waals surface area contributed by atoms with Crippen molar-refractivity contribution in [3.63, 3.8) is 0 Å². The van der Waals surface area contributed by atoms with Gasteiger partial charge in [0.05, 0.1) is 6.54 Å². The first-order valence-corrected chi connectivity index (χ1v) is 8.30. The average Bonchev–Trinajstić information content (AvgIpc) is 2.54. The van der Waals surface area contributed by atoms with Gasteiger partial charge < -0.3 is 16.0 Å². The molecule has 1 aliphatic carbocycles. The molecule has 0 heterocycles. The van der Waals surface area contributed by atoms with Gasteiger partial charge in [-0.1, -0.05) is 44.2 Å². The van der Waals surface area contributed by atoms with Crippen molar-refractivity contribution >= 4 is 11.9 Å². The summed E-state index contributed by atoms with van der Waals surface area (Å²) in [4.78, 5) is 23.6. The Morgan fingerprint density at radius 1 is 1.09 bits per heavy atom. The molecule has 0 aliphatic heterocycles. The summed E-state index contributed by atoms with van der Waals surface area (Å²) in [7, 11) is 0. The lowest BCUT2D eigenvalue weighted by Crippen LogP contribution is -2.47. The van der Waals surface area contributed by atoms with Crippen LogP contribution in [-0.4, -0.2) is 24.5 Å². The van der Waals surface area contributed by atoms with Gasteiger partial charge in [0.2, 0.25) is 5.91 Å². The molecule has 1 saturated carbocycles. The third-order valence-corrected chi connectivity index (χ3v) is 4.42. The van der Waals surface area contributed by atoms with Crippen LogP contribution in [-0.2, 0) is 11.3 Å². The van der Waals surface area contributed by atoms with Gasteiger partial charge in [-0.15, -0.1) is 0 Å². The second-order valence-electron chi connectivity index (χ2n) is 7.03. The van der Waals surface area contributed by atoms with Gasteiger partial charge in [-0.05, 0) is 36.7 Å². The Labute approximate surface area is 138 Å². The zero-order valence-corrected chi connectivity index (χ0v) is 14.0. The zero-order valence-electron chi connectivity index (χ0n) is 14.0. The van der Waals surface area contributed by atoms with E-state index in [1.807, 2.05) is 30.3 Å². The third kappa shape index (κ3) is 6.30. The van der Waals surface area contributed by atoms with Gasteiger partial charge in [0.1, 0.15) is 0 Å². The second kappa shape index (κ2) is 7.99. The highest BCUT2D eigenvalue weighted by Crippen LogP contribution is 2.34. The summed E-state index contributed by atoms with van der Waals surface area (Å²) in [6.07, 6.45) is 4.24. The highest BCUT2D eigenvalue weighted by molar-refractivity contribution is 5.83. The number of rotatable bonds is 5. The predicted molar refractivity (Wildman–Crippen MR) is 90.9 cm³/mol. The monoisotopic (exact) mass is 317 g/mol. The largest absolute Gasteiger partial charge is 0.350 e. The van der Waals surface area contributed by atoms with E-state index >= 15 is 0 Å². The minimum Gasteiger partial charge on any atom is -0.350 e. The number of urea groups is 1. The maximum absolute atomic E-state index is 11.8. The number of carbonyl (C=O) groups is 2. The van der Waals surface area contributed by atoms with Crippen LogP contribution in [0.25, 0.3) is 0 Å². The second-order valence-corrected chi connectivity index (χ2v) is 7.03. The summed E-state index contributed by atoms with van der Waals surface area (Å²) in [5.74, 6) is -0.186. The first-order valence-electron chi connectivity index (χ1n) is 8.30. The molecule has 1 fully saturated rings. The smallest absolute Gasteiger partial charge is 0.315 e. The van der Waals surface area contributed by atoms with Crippen molar-refractivity contribution in [1.29, 1.82) is 0 Å². The van der Waals surface area contributed by atoms with Gasteiger partial charge in [-0.3, -0.25) is 4.79 Å². The van der Waals surface area contributed by atoms with E-state index in [1.54, 1.807) is 0 Å². The van der Waals surface area contributed by atoms with Crippen molar-refractivity contribution in [2.75, 3.05) is 6.54 Å². The topological polar surface area (TPSA) is 70.2 Å². The van der Waals surface area contributed by atoms with E-state index in [9.17, 15) is 9.59 Å². The lowest BCUT2D eigenvalue weighted by molar-refractivity contribution is -0.120. The quantitative estimate of drug-likeness (QED) is 0.781. The van der Waals surface area contributed by atoms with E-state index in [2.05, 4.69) is 29.8 Å². The van der Waals surface area contributed by atoms with E-state index in [4.69, 9.17) is 0 Å². The lowest BCUT2D eigenvalue weighted by Gasteiger charge is -2.34. The fraction of sp³-hybridized carbons (Fsp3) is 0.556. The lowest BCUT2D eigenvalue weighted by atomic mass is 9.76. The number of amides is 3. The molecule has 2 rings (SSSR count). The van der Waals surface area contributed by atoms with Crippen LogP contribution in [0, 0.1) is 5.41 Å². The highest BCUT2D eigenvalue weighted by Gasteiger charge is 2.27. The molecule has 1 aromatic rings. The molecule has 0 saturated heterocycles. The normalized spacial score (nSPS) is 17.3. The molecule has 5 heteroatoms. The van der Waals surface area contributed by atoms with Crippen LogP contribution in [0.15, 0.2) is 30.3 Å². The molecular weight excluding hydrogens is 290 g/mol. The van der Waals surface area contributed by atoms with Gasteiger partial charge in [-0.2, -0.15) is 0 Å². The standard InChI is InChI=1S/C18H27N3O2/c1-18(2)10-8-15(9-11-18)21-17(23)20-13-16(22)19-12-14-6-4-3-5-7-14/h3-7,15H,8-13H2,1-2H3,(H,19,22)(H2,20,21,23). The molecule has 0 spiro atoms. The summed E-state index contributed by atoms with van der Waals surface area (Å²) >= 11 is 0. The molecule has 0 unspecified atom stereocenters. The molecule has 126 valence electrons. The van der Waals surface area contributed by atoms with Crippen LogP contribution in [0.2, 0.25) is 0 Å². The Hall–Kier alpha value is -2.04. The van der Waals surface area contributed by atoms with Crippen molar-refractivity contribution in [2.45, 2.75) is 52.1 Å². The maximum atomic E-state index is 11.8. The zero-order chi connectivity index (χ0) is 16.7. The van der Waals surface area contributed by atoms with Crippen molar-refractivity contribution < 1.29 is 9.59 Å². The van der Waals surface area contributed by atoms with E-state index in [0.717, 1.165) is 31.2 Å². The molecule has 1 aliphatic rings. The van der Waals surface area contributed by atoms with E-state index in [-0.39, 0.29) is 24.5 Å². The van der Waals surface area contributed by atoms with Crippen LogP contribution in [0.1, 0.15) is 45.1 Å². The first kappa shape index (κ1) is 17.3. The van der Waals surface area contributed by atoms with Crippen molar-refractivity contribution in [2.24, 2.45) is 5.41 Å². The minimum atomic E-state index is -0.260. The summed E-state index contributed by atoms with van der Waals surface area (Å²) in [5.41, 5.74) is 1.42. The van der Waals surface area contributed by atoms with E-state index in [0.29, 0.717) is 12.0 Å². The van der Waals surface area contributed by atoms with Gasteiger partial charge in [0, 0.05) is 12.6 Å². The third-order valence-electron chi connectivity index (χ3n) is 4.42. The SMILES string of the molecule is CC1(C)CCC(NC(=O)NCC(=O)NCc2ccccc2)CC1. The fourth-order valence-corrected chi connectivity index (χ4v) is 2.80. The number of carbonyl (C=O) groups excluding carboxylic acids is 2. The van der Waals surface area contributed by atoms with Gasteiger partial charge in [0.25, 0.3) is 0 Å². The summed E-state index contributed by atoms with van der Waals surface area (Å²) < 4.78 is 0. The molecule has 1 aromatic carbocycles. The molecular formula is C18H27N3O2. The van der Waals surface area contributed by atoms with Gasteiger partial charge in [0.15, 0.2) is 0 Å². The molecule has 3 N–H and O–H groups in total. The Balaban J connectivity index is 1.61. The number of benzene rings is 1. The predicted octanol–water partition coefficient (Wildman–Crippen LogP) is 2.57. The Morgan fingerprint density at radius 3 is 2.39 bits per heavy atom. The molecule has 5 nitrogen and oxygen atoms in total. The van der Waals surface area contributed by atoms with Crippen molar-refractivity contribution in [3.05, 3.63) is 35.9 Å². The average molecular weight is 317 g/mol. The van der Waals surface area contributed by atoms with Crippen LogP contribution in [0.3, 0.4) is 0 Å². The van der Waals surface area contributed by atoms with Crippen LogP contribution in [0.4, 0.5) is 4.79 Å². The summed E-state index contributed by atoms with van der Waals surface area (Å²) in [5, 5.41) is 8.37. The molecule has 23 heavy (non-hydrogen) atoms. The molecule has 0 radical (unpaired) electrons. The van der Waals surface area contributed by atoms with Crippen LogP contribution in [0.5, 0.6) is 0 Å². The van der Waals surface area contributed by atoms with E-state index < -0.39 is 0 Å².